The van der Waals surface area contributed by atoms with Gasteiger partial charge in [-0.3, -0.25) is 9.78 Å². The zero-order valence-electron chi connectivity index (χ0n) is 12.0. The van der Waals surface area contributed by atoms with E-state index in [2.05, 4.69) is 23.7 Å². The van der Waals surface area contributed by atoms with Crippen LogP contribution in [0.4, 0.5) is 0 Å². The summed E-state index contributed by atoms with van der Waals surface area (Å²) in [6.45, 7) is 6.30. The van der Waals surface area contributed by atoms with Gasteiger partial charge in [0.2, 0.25) is 0 Å². The third-order valence-electron chi connectivity index (χ3n) is 3.94. The molecule has 1 N–H and O–H groups in total. The van der Waals surface area contributed by atoms with Gasteiger partial charge in [0.05, 0.1) is 12.1 Å². The summed E-state index contributed by atoms with van der Waals surface area (Å²) >= 11 is 0. The average molecular weight is 278 g/mol. The van der Waals surface area contributed by atoms with Crippen LogP contribution in [0.5, 0.6) is 5.75 Å². The van der Waals surface area contributed by atoms with Crippen LogP contribution in [0.1, 0.15) is 20.3 Å². The van der Waals surface area contributed by atoms with Crippen molar-refractivity contribution in [2.45, 2.75) is 26.3 Å². The third kappa shape index (κ3) is 3.70. The zero-order valence-corrected chi connectivity index (χ0v) is 12.0. The predicted octanol–water partition coefficient (Wildman–Crippen LogP) is 1.89. The minimum atomic E-state index is -0.774. The molecule has 2 heterocycles. The Hall–Kier alpha value is -1.62. The number of aromatic nitrogens is 1. The molecule has 0 amide bonds. The van der Waals surface area contributed by atoms with Gasteiger partial charge in [-0.25, -0.2) is 0 Å². The van der Waals surface area contributed by atoms with Gasteiger partial charge in [0.25, 0.3) is 0 Å². The van der Waals surface area contributed by atoms with E-state index in [4.69, 9.17) is 4.74 Å². The highest BCUT2D eigenvalue weighted by Crippen LogP contribution is 2.26. The van der Waals surface area contributed by atoms with Crippen molar-refractivity contribution in [2.24, 2.45) is 11.8 Å². The molecule has 0 spiro atoms. The minimum absolute atomic E-state index is 0.159. The summed E-state index contributed by atoms with van der Waals surface area (Å²) in [5, 5.41) is 9.42. The van der Waals surface area contributed by atoms with Gasteiger partial charge in [0, 0.05) is 18.8 Å². The fraction of sp³-hybridized carbons (Fsp3) is 0.600. The second kappa shape index (κ2) is 6.70. The molecule has 0 radical (unpaired) electrons. The van der Waals surface area contributed by atoms with E-state index in [1.807, 2.05) is 0 Å². The Morgan fingerprint density at radius 1 is 1.60 bits per heavy atom. The number of carboxylic acid groups (broad SMARTS) is 1. The number of carbonyl (C=O) groups is 1. The number of carboxylic acids is 1. The fourth-order valence-electron chi connectivity index (χ4n) is 2.64. The molecule has 110 valence electrons. The largest absolute Gasteiger partial charge is 0.491 e. The van der Waals surface area contributed by atoms with Crippen LogP contribution in [-0.2, 0) is 4.79 Å². The molecule has 0 aromatic carbocycles. The minimum Gasteiger partial charge on any atom is -0.491 e. The summed E-state index contributed by atoms with van der Waals surface area (Å²) in [4.78, 5) is 17.8. The zero-order chi connectivity index (χ0) is 14.5. The van der Waals surface area contributed by atoms with E-state index < -0.39 is 11.9 Å². The maximum absolute atomic E-state index is 11.5. The van der Waals surface area contributed by atoms with E-state index >= 15 is 0 Å². The van der Waals surface area contributed by atoms with Gasteiger partial charge < -0.3 is 14.7 Å². The van der Waals surface area contributed by atoms with E-state index in [0.717, 1.165) is 19.5 Å². The topological polar surface area (TPSA) is 62.7 Å². The molecule has 2 unspecified atom stereocenters. The quantitative estimate of drug-likeness (QED) is 0.861. The van der Waals surface area contributed by atoms with Crippen LogP contribution in [0.15, 0.2) is 24.5 Å². The fourth-order valence-corrected chi connectivity index (χ4v) is 2.64. The number of pyridine rings is 1. The SMILES string of the molecule is CC(C)N1CCC(C(COc2cccnc2)C(=O)O)C1. The number of nitrogens with zero attached hydrogens (tertiary/aromatic N) is 2. The van der Waals surface area contributed by atoms with Gasteiger partial charge in [-0.1, -0.05) is 0 Å². The number of hydrogen-bond acceptors (Lipinski definition) is 4. The number of rotatable bonds is 6. The molecule has 2 rings (SSSR count). The van der Waals surface area contributed by atoms with E-state index in [1.165, 1.54) is 0 Å². The summed E-state index contributed by atoms with van der Waals surface area (Å²) in [6, 6.07) is 4.04. The van der Waals surface area contributed by atoms with Gasteiger partial charge in [-0.2, -0.15) is 0 Å². The average Bonchev–Trinajstić information content (AvgIpc) is 2.89. The highest BCUT2D eigenvalue weighted by molar-refractivity contribution is 5.70. The van der Waals surface area contributed by atoms with Crippen molar-refractivity contribution in [1.82, 2.24) is 9.88 Å². The van der Waals surface area contributed by atoms with Gasteiger partial charge in [-0.15, -0.1) is 0 Å². The lowest BCUT2D eigenvalue weighted by atomic mass is 9.92. The number of hydrogen-bond donors (Lipinski definition) is 1. The molecule has 5 nitrogen and oxygen atoms in total. The summed E-state index contributed by atoms with van der Waals surface area (Å²) in [5.41, 5.74) is 0. The molecule has 0 bridgehead atoms. The first-order valence-corrected chi connectivity index (χ1v) is 7.07. The monoisotopic (exact) mass is 278 g/mol. The summed E-state index contributed by atoms with van der Waals surface area (Å²) in [7, 11) is 0. The van der Waals surface area contributed by atoms with Gasteiger partial charge >= 0.3 is 5.97 Å². The lowest BCUT2D eigenvalue weighted by molar-refractivity contribution is -0.144. The van der Waals surface area contributed by atoms with E-state index in [0.29, 0.717) is 11.8 Å². The molecule has 2 atom stereocenters. The summed E-state index contributed by atoms with van der Waals surface area (Å²) < 4.78 is 5.58. The standard InChI is InChI=1S/C15H22N2O3/c1-11(2)17-7-5-12(9-17)14(15(18)19)10-20-13-4-3-6-16-8-13/h3-4,6,8,11-12,14H,5,7,9-10H2,1-2H3,(H,18,19). The van der Waals surface area contributed by atoms with Gasteiger partial charge in [0.15, 0.2) is 0 Å². The first-order chi connectivity index (χ1) is 9.58. The normalized spacial score (nSPS) is 21.1. The first-order valence-electron chi connectivity index (χ1n) is 7.07. The van der Waals surface area contributed by atoms with E-state index in [1.54, 1.807) is 24.5 Å². The van der Waals surface area contributed by atoms with Crippen molar-refractivity contribution in [2.75, 3.05) is 19.7 Å². The van der Waals surface area contributed by atoms with Gasteiger partial charge in [-0.05, 0) is 44.9 Å². The molecule has 1 aliphatic rings. The predicted molar refractivity (Wildman–Crippen MR) is 75.7 cm³/mol. The van der Waals surface area contributed by atoms with E-state index in [-0.39, 0.29) is 12.5 Å². The van der Waals surface area contributed by atoms with E-state index in [9.17, 15) is 9.90 Å². The van der Waals surface area contributed by atoms with Crippen molar-refractivity contribution in [3.8, 4) is 5.75 Å². The molecule has 0 aliphatic carbocycles. The van der Waals surface area contributed by atoms with Crippen LogP contribution in [0.3, 0.4) is 0 Å². The van der Waals surface area contributed by atoms with Crippen LogP contribution >= 0.6 is 0 Å². The second-order valence-electron chi connectivity index (χ2n) is 5.58. The lowest BCUT2D eigenvalue weighted by Gasteiger charge is -2.23. The van der Waals surface area contributed by atoms with Crippen molar-refractivity contribution in [3.63, 3.8) is 0 Å². The Kier molecular flexibility index (Phi) is 4.95. The van der Waals surface area contributed by atoms with Gasteiger partial charge in [0.1, 0.15) is 12.4 Å². The van der Waals surface area contributed by atoms with Crippen molar-refractivity contribution < 1.29 is 14.6 Å². The van der Waals surface area contributed by atoms with Crippen LogP contribution in [-0.4, -0.2) is 46.7 Å². The van der Waals surface area contributed by atoms with Crippen molar-refractivity contribution >= 4 is 5.97 Å². The maximum Gasteiger partial charge on any atom is 0.310 e. The second-order valence-corrected chi connectivity index (χ2v) is 5.58. The maximum atomic E-state index is 11.5. The highest BCUT2D eigenvalue weighted by atomic mass is 16.5. The molecule has 0 saturated carbocycles. The van der Waals surface area contributed by atoms with Crippen LogP contribution in [0, 0.1) is 11.8 Å². The first kappa shape index (κ1) is 14.8. The molecule has 1 fully saturated rings. The lowest BCUT2D eigenvalue weighted by Crippen LogP contribution is -2.33. The summed E-state index contributed by atoms with van der Waals surface area (Å²) in [6.07, 6.45) is 4.19. The molecule has 1 aliphatic heterocycles. The Bertz CT molecular complexity index is 436. The smallest absolute Gasteiger partial charge is 0.310 e. The van der Waals surface area contributed by atoms with Crippen LogP contribution < -0.4 is 4.74 Å². The molecule has 1 aromatic rings. The highest BCUT2D eigenvalue weighted by Gasteiger charge is 2.35. The molecule has 1 aromatic heterocycles. The van der Waals surface area contributed by atoms with Crippen molar-refractivity contribution in [3.05, 3.63) is 24.5 Å². The third-order valence-corrected chi connectivity index (χ3v) is 3.94. The molecule has 1 saturated heterocycles. The van der Waals surface area contributed by atoms with Crippen molar-refractivity contribution in [1.29, 1.82) is 0 Å². The Balaban J connectivity index is 1.93. The van der Waals surface area contributed by atoms with Crippen LogP contribution in [0.2, 0.25) is 0 Å². The summed E-state index contributed by atoms with van der Waals surface area (Å²) in [5.74, 6) is -0.451. The number of likely N-dealkylation sites (tertiary alicyclic amines) is 1. The Morgan fingerprint density at radius 3 is 2.95 bits per heavy atom. The Labute approximate surface area is 119 Å². The number of aliphatic carboxylic acids is 1. The number of ether oxygens (including phenoxy) is 1. The molecular weight excluding hydrogens is 256 g/mol. The Morgan fingerprint density at radius 2 is 2.40 bits per heavy atom. The van der Waals surface area contributed by atoms with Crippen LogP contribution in [0.25, 0.3) is 0 Å². The molecular formula is C15H22N2O3. The molecule has 20 heavy (non-hydrogen) atoms. The molecule has 5 heteroatoms.